The molecule has 1 heterocycles. The van der Waals surface area contributed by atoms with Gasteiger partial charge in [-0.2, -0.15) is 0 Å². The summed E-state index contributed by atoms with van der Waals surface area (Å²) in [5.41, 5.74) is 2.28. The van der Waals surface area contributed by atoms with Crippen LogP contribution in [0.4, 0.5) is 5.69 Å². The molecular formula is C22H28N2O5S. The molecule has 1 aliphatic heterocycles. The number of anilines is 1. The van der Waals surface area contributed by atoms with Crippen molar-refractivity contribution in [3.05, 3.63) is 47.5 Å². The minimum Gasteiger partial charge on any atom is -0.496 e. The normalized spacial score (nSPS) is 15.3. The van der Waals surface area contributed by atoms with Crippen molar-refractivity contribution in [2.75, 3.05) is 25.7 Å². The Morgan fingerprint density at radius 2 is 1.80 bits per heavy atom. The third-order valence-electron chi connectivity index (χ3n) is 5.35. The summed E-state index contributed by atoms with van der Waals surface area (Å²) >= 11 is 0. The Balaban J connectivity index is 1.92. The third kappa shape index (κ3) is 4.44. The van der Waals surface area contributed by atoms with E-state index in [9.17, 15) is 13.2 Å². The van der Waals surface area contributed by atoms with Crippen LogP contribution in [0.15, 0.2) is 41.3 Å². The van der Waals surface area contributed by atoms with E-state index >= 15 is 0 Å². The van der Waals surface area contributed by atoms with E-state index in [1.165, 1.54) is 19.2 Å². The molecule has 1 aliphatic rings. The van der Waals surface area contributed by atoms with Gasteiger partial charge in [-0.25, -0.2) is 13.1 Å². The molecular weight excluding hydrogens is 404 g/mol. The Morgan fingerprint density at radius 1 is 1.10 bits per heavy atom. The number of carbonyl (C=O) groups is 1. The molecule has 1 fully saturated rings. The standard InChI is InChI=1S/C22H28N2O5S/c1-5-18(16-8-10-20(28-3)15(2)13-16)23-30(26,27)17-9-11-21(29-4)19(14-17)24-12-6-7-22(24)25/h8-11,13-14,18,23H,5-7,12H2,1-4H3. The van der Waals surface area contributed by atoms with E-state index in [0.717, 1.165) is 23.3 Å². The molecule has 1 N–H and O–H groups in total. The Hall–Kier alpha value is -2.58. The molecule has 0 saturated carbocycles. The number of rotatable bonds is 8. The van der Waals surface area contributed by atoms with Gasteiger partial charge in [-0.3, -0.25) is 4.79 Å². The number of nitrogens with zero attached hydrogens (tertiary/aromatic N) is 1. The summed E-state index contributed by atoms with van der Waals surface area (Å²) in [5.74, 6) is 1.20. The van der Waals surface area contributed by atoms with Gasteiger partial charge in [0.15, 0.2) is 0 Å². The summed E-state index contributed by atoms with van der Waals surface area (Å²) in [6.07, 6.45) is 1.78. The molecule has 0 spiro atoms. The van der Waals surface area contributed by atoms with Crippen LogP contribution >= 0.6 is 0 Å². The van der Waals surface area contributed by atoms with Gasteiger partial charge in [0.2, 0.25) is 15.9 Å². The van der Waals surface area contributed by atoms with Crippen LogP contribution in [0.1, 0.15) is 43.4 Å². The molecule has 1 atom stereocenters. The van der Waals surface area contributed by atoms with Crippen LogP contribution < -0.4 is 19.1 Å². The van der Waals surface area contributed by atoms with Gasteiger partial charge in [0, 0.05) is 19.0 Å². The molecule has 1 amide bonds. The molecule has 0 radical (unpaired) electrons. The van der Waals surface area contributed by atoms with E-state index in [1.807, 2.05) is 32.0 Å². The fourth-order valence-electron chi connectivity index (χ4n) is 3.71. The van der Waals surface area contributed by atoms with Crippen LogP contribution in [0.5, 0.6) is 11.5 Å². The van der Waals surface area contributed by atoms with Crippen LogP contribution in [0, 0.1) is 6.92 Å². The number of sulfonamides is 1. The van der Waals surface area contributed by atoms with Crippen LogP contribution in [-0.4, -0.2) is 35.1 Å². The third-order valence-corrected chi connectivity index (χ3v) is 6.82. The first-order valence-corrected chi connectivity index (χ1v) is 11.4. The van der Waals surface area contributed by atoms with Crippen molar-refractivity contribution >= 4 is 21.6 Å². The van der Waals surface area contributed by atoms with E-state index < -0.39 is 16.1 Å². The lowest BCUT2D eigenvalue weighted by Crippen LogP contribution is -2.29. The quantitative estimate of drug-likeness (QED) is 0.689. The van der Waals surface area contributed by atoms with E-state index in [0.29, 0.717) is 30.8 Å². The number of benzene rings is 2. The maximum absolute atomic E-state index is 13.2. The zero-order valence-electron chi connectivity index (χ0n) is 17.8. The topological polar surface area (TPSA) is 84.9 Å². The Morgan fingerprint density at radius 3 is 2.37 bits per heavy atom. The van der Waals surface area contributed by atoms with Gasteiger partial charge in [-0.15, -0.1) is 0 Å². The highest BCUT2D eigenvalue weighted by Crippen LogP contribution is 2.34. The molecule has 7 nitrogen and oxygen atoms in total. The molecule has 2 aromatic rings. The van der Waals surface area contributed by atoms with Crippen molar-refractivity contribution in [3.8, 4) is 11.5 Å². The first-order valence-electron chi connectivity index (χ1n) is 9.96. The maximum atomic E-state index is 13.2. The fraction of sp³-hybridized carbons (Fsp3) is 0.409. The first kappa shape index (κ1) is 22.1. The van der Waals surface area contributed by atoms with Crippen LogP contribution in [0.3, 0.4) is 0 Å². The Kier molecular flexibility index (Phi) is 6.67. The zero-order chi connectivity index (χ0) is 21.9. The minimum atomic E-state index is -3.82. The molecule has 1 unspecified atom stereocenters. The number of hydrogen-bond donors (Lipinski definition) is 1. The molecule has 2 aromatic carbocycles. The van der Waals surface area contributed by atoms with Gasteiger partial charge in [-0.05, 0) is 55.2 Å². The average Bonchev–Trinajstić information content (AvgIpc) is 3.17. The number of methoxy groups -OCH3 is 2. The fourth-order valence-corrected chi connectivity index (χ4v) is 5.04. The van der Waals surface area contributed by atoms with Gasteiger partial charge in [0.05, 0.1) is 24.8 Å². The second-order valence-corrected chi connectivity index (χ2v) is 9.01. The maximum Gasteiger partial charge on any atom is 0.241 e. The monoisotopic (exact) mass is 432 g/mol. The van der Waals surface area contributed by atoms with Crippen LogP contribution in [0.2, 0.25) is 0 Å². The van der Waals surface area contributed by atoms with Crippen molar-refractivity contribution in [2.45, 2.75) is 44.0 Å². The molecule has 8 heteroatoms. The van der Waals surface area contributed by atoms with Crippen molar-refractivity contribution in [1.82, 2.24) is 4.72 Å². The molecule has 162 valence electrons. The number of amides is 1. The summed E-state index contributed by atoms with van der Waals surface area (Å²) in [6.45, 7) is 4.40. The predicted octanol–water partition coefficient (Wildman–Crippen LogP) is 3.57. The van der Waals surface area contributed by atoms with Gasteiger partial charge in [0.25, 0.3) is 0 Å². The van der Waals surface area contributed by atoms with Crippen molar-refractivity contribution in [3.63, 3.8) is 0 Å². The van der Waals surface area contributed by atoms with Gasteiger partial charge < -0.3 is 14.4 Å². The van der Waals surface area contributed by atoms with Crippen molar-refractivity contribution < 1.29 is 22.7 Å². The van der Waals surface area contributed by atoms with Gasteiger partial charge >= 0.3 is 0 Å². The summed E-state index contributed by atoms with van der Waals surface area (Å²) < 4.78 is 39.7. The molecule has 1 saturated heterocycles. The molecule has 0 aromatic heterocycles. The number of aryl methyl sites for hydroxylation is 1. The summed E-state index contributed by atoms with van der Waals surface area (Å²) in [4.78, 5) is 13.9. The summed E-state index contributed by atoms with van der Waals surface area (Å²) in [5, 5.41) is 0. The predicted molar refractivity (Wildman–Crippen MR) is 116 cm³/mol. The summed E-state index contributed by atoms with van der Waals surface area (Å²) in [7, 11) is -0.707. The molecule has 3 rings (SSSR count). The first-order chi connectivity index (χ1) is 14.3. The van der Waals surface area contributed by atoms with E-state index in [-0.39, 0.29) is 10.8 Å². The largest absolute Gasteiger partial charge is 0.496 e. The Bertz CT molecular complexity index is 1040. The van der Waals surface area contributed by atoms with Gasteiger partial charge in [0.1, 0.15) is 11.5 Å². The SMILES string of the molecule is CCC(NS(=O)(=O)c1ccc(OC)c(N2CCCC2=O)c1)c1ccc(OC)c(C)c1. The number of carbonyl (C=O) groups excluding carboxylic acids is 1. The number of ether oxygens (including phenoxy) is 2. The van der Waals surface area contributed by atoms with Gasteiger partial charge in [-0.1, -0.05) is 19.1 Å². The van der Waals surface area contributed by atoms with E-state index in [4.69, 9.17) is 9.47 Å². The minimum absolute atomic E-state index is 0.0315. The van der Waals surface area contributed by atoms with Crippen LogP contribution in [0.25, 0.3) is 0 Å². The molecule has 0 bridgehead atoms. The van der Waals surface area contributed by atoms with E-state index in [2.05, 4.69) is 4.72 Å². The Labute approximate surface area is 178 Å². The van der Waals surface area contributed by atoms with E-state index in [1.54, 1.807) is 18.1 Å². The lowest BCUT2D eigenvalue weighted by molar-refractivity contribution is -0.117. The lowest BCUT2D eigenvalue weighted by Gasteiger charge is -2.22. The van der Waals surface area contributed by atoms with Crippen LogP contribution in [-0.2, 0) is 14.8 Å². The second kappa shape index (κ2) is 9.06. The number of nitrogens with one attached hydrogen (secondary N) is 1. The summed E-state index contributed by atoms with van der Waals surface area (Å²) in [6, 6.07) is 9.84. The highest BCUT2D eigenvalue weighted by Gasteiger charge is 2.27. The highest BCUT2D eigenvalue weighted by molar-refractivity contribution is 7.89. The smallest absolute Gasteiger partial charge is 0.241 e. The number of hydrogen-bond acceptors (Lipinski definition) is 5. The zero-order valence-corrected chi connectivity index (χ0v) is 18.6. The van der Waals surface area contributed by atoms with Crippen molar-refractivity contribution in [1.29, 1.82) is 0 Å². The molecule has 30 heavy (non-hydrogen) atoms. The highest BCUT2D eigenvalue weighted by atomic mass is 32.2. The second-order valence-electron chi connectivity index (χ2n) is 7.29. The average molecular weight is 433 g/mol. The van der Waals surface area contributed by atoms with Crippen molar-refractivity contribution in [2.24, 2.45) is 0 Å². The molecule has 0 aliphatic carbocycles. The lowest BCUT2D eigenvalue weighted by atomic mass is 10.0.